The number of nitrogens with two attached hydrogens (primary N) is 1. The van der Waals surface area contributed by atoms with Gasteiger partial charge in [-0.2, -0.15) is 5.26 Å². The Morgan fingerprint density at radius 1 is 1.07 bits per heavy atom. The minimum absolute atomic E-state index is 0.0928. The molecule has 0 saturated heterocycles. The Hall–Kier alpha value is -2.68. The van der Waals surface area contributed by atoms with E-state index in [0.717, 1.165) is 19.4 Å². The van der Waals surface area contributed by atoms with Gasteiger partial charge >= 0.3 is 0 Å². The lowest BCUT2D eigenvalue weighted by molar-refractivity contribution is -0.699. The summed E-state index contributed by atoms with van der Waals surface area (Å²) in [5.41, 5.74) is 1.63. The van der Waals surface area contributed by atoms with Crippen LogP contribution in [-0.2, 0) is 11.3 Å². The Kier molecular flexibility index (Phi) is 10.5. The van der Waals surface area contributed by atoms with Crippen LogP contribution in [0.25, 0.3) is 0 Å². The van der Waals surface area contributed by atoms with Crippen LogP contribution in [0, 0.1) is 17.2 Å². The second-order valence-corrected chi connectivity index (χ2v) is 6.29. The van der Waals surface area contributed by atoms with E-state index in [0.29, 0.717) is 11.5 Å². The number of nitrogens with zero attached hydrogens (tertiary/aromatic N) is 1. The van der Waals surface area contributed by atoms with Gasteiger partial charge in [-0.25, -0.2) is 0 Å². The number of carboxylic acid groups (broad SMARTS) is 1. The van der Waals surface area contributed by atoms with Crippen LogP contribution in [0.2, 0.25) is 0 Å². The quantitative estimate of drug-likeness (QED) is 0.738. The van der Waals surface area contributed by atoms with Gasteiger partial charge in [0.2, 0.25) is 0 Å². The second kappa shape index (κ2) is 12.6. The molecule has 2 aromatic rings. The van der Waals surface area contributed by atoms with Crippen molar-refractivity contribution in [3.05, 3.63) is 71.8 Å². The highest BCUT2D eigenvalue weighted by Crippen LogP contribution is 2.10. The molecule has 0 amide bonds. The van der Waals surface area contributed by atoms with Gasteiger partial charge in [0.05, 0.1) is 5.97 Å². The zero-order valence-corrected chi connectivity index (χ0v) is 15.9. The van der Waals surface area contributed by atoms with Crippen molar-refractivity contribution in [3.63, 3.8) is 0 Å². The first kappa shape index (κ1) is 22.4. The topological polar surface area (TPSA) is 101 Å². The van der Waals surface area contributed by atoms with Crippen LogP contribution in [-0.4, -0.2) is 17.1 Å². The number of aliphatic carboxylic acids is 1. The fourth-order valence-corrected chi connectivity index (χ4v) is 2.80. The van der Waals surface area contributed by atoms with Crippen molar-refractivity contribution in [2.24, 2.45) is 5.92 Å². The Labute approximate surface area is 161 Å². The highest BCUT2D eigenvalue weighted by molar-refractivity contribution is 5.71. The highest BCUT2D eigenvalue weighted by atomic mass is 16.4. The predicted octanol–water partition coefficient (Wildman–Crippen LogP) is 1.55. The highest BCUT2D eigenvalue weighted by Gasteiger charge is 2.20. The molecule has 0 aliphatic rings. The summed E-state index contributed by atoms with van der Waals surface area (Å²) >= 11 is 0. The lowest BCUT2D eigenvalue weighted by Gasteiger charge is -2.16. The van der Waals surface area contributed by atoms with Crippen molar-refractivity contribution in [2.45, 2.75) is 45.4 Å². The third kappa shape index (κ3) is 8.04. The minimum Gasteiger partial charge on any atom is -0.547 e. The number of hydrogen-bond donors (Lipinski definition) is 2. The standard InChI is InChI=1S/C14H20N2.C8H8O3/c1-3-13(4-2)14(10-15)16-11-12-8-6-5-7-9-12;9-7(8(10)11)6-4-2-1-3-5-6/h5-9,13-14,16H,3-4,11H2,1-2H3;1-5,7,9H,(H,10,11)/t14-;7-/m01/s1. The monoisotopic (exact) mass is 368 g/mol. The molecule has 144 valence electrons. The predicted molar refractivity (Wildman–Crippen MR) is 102 cm³/mol. The maximum atomic E-state index is 10.1. The van der Waals surface area contributed by atoms with Crippen molar-refractivity contribution in [3.8, 4) is 6.07 Å². The number of quaternary nitrogens is 1. The van der Waals surface area contributed by atoms with E-state index >= 15 is 0 Å². The molecule has 5 heteroatoms. The Balaban J connectivity index is 0.000000289. The molecule has 0 fully saturated rings. The molecule has 0 aliphatic heterocycles. The van der Waals surface area contributed by atoms with Crippen molar-refractivity contribution in [2.75, 3.05) is 0 Å². The minimum atomic E-state index is -1.52. The van der Waals surface area contributed by atoms with Crippen molar-refractivity contribution >= 4 is 5.97 Å². The van der Waals surface area contributed by atoms with Crippen LogP contribution >= 0.6 is 0 Å². The normalized spacial score (nSPS) is 12.4. The molecule has 0 heterocycles. The van der Waals surface area contributed by atoms with Crippen LogP contribution < -0.4 is 10.4 Å². The molecule has 2 rings (SSSR count). The van der Waals surface area contributed by atoms with Gasteiger partial charge in [-0.1, -0.05) is 74.5 Å². The van der Waals surface area contributed by atoms with Gasteiger partial charge in [-0.3, -0.25) is 0 Å². The van der Waals surface area contributed by atoms with E-state index < -0.39 is 12.1 Å². The summed E-state index contributed by atoms with van der Waals surface area (Å²) in [6, 6.07) is 20.9. The van der Waals surface area contributed by atoms with E-state index in [9.17, 15) is 9.90 Å². The van der Waals surface area contributed by atoms with Gasteiger partial charge in [0.25, 0.3) is 0 Å². The van der Waals surface area contributed by atoms with Crippen molar-refractivity contribution < 1.29 is 20.3 Å². The summed E-state index contributed by atoms with van der Waals surface area (Å²) in [6.07, 6.45) is 0.649. The lowest BCUT2D eigenvalue weighted by atomic mass is 9.95. The van der Waals surface area contributed by atoms with E-state index in [1.54, 1.807) is 18.2 Å². The molecule has 0 aromatic heterocycles. The number of rotatable bonds is 8. The average Bonchev–Trinajstić information content (AvgIpc) is 2.72. The van der Waals surface area contributed by atoms with Crippen LogP contribution in [0.3, 0.4) is 0 Å². The third-order valence-electron chi connectivity index (χ3n) is 4.49. The van der Waals surface area contributed by atoms with E-state index in [1.807, 2.05) is 18.2 Å². The number of aliphatic hydroxyl groups excluding tert-OH is 1. The van der Waals surface area contributed by atoms with Gasteiger partial charge in [0.15, 0.2) is 6.04 Å². The zero-order valence-electron chi connectivity index (χ0n) is 15.9. The fourth-order valence-electron chi connectivity index (χ4n) is 2.80. The van der Waals surface area contributed by atoms with Crippen LogP contribution in [0.4, 0.5) is 0 Å². The zero-order chi connectivity index (χ0) is 20.1. The largest absolute Gasteiger partial charge is 0.547 e. The Morgan fingerprint density at radius 3 is 2.04 bits per heavy atom. The van der Waals surface area contributed by atoms with E-state index in [4.69, 9.17) is 10.4 Å². The first-order valence-corrected chi connectivity index (χ1v) is 9.24. The summed E-state index contributed by atoms with van der Waals surface area (Å²) in [5, 5.41) is 30.4. The number of hydrogen-bond acceptors (Lipinski definition) is 4. The van der Waals surface area contributed by atoms with Gasteiger partial charge in [-0.05, 0) is 18.4 Å². The first-order chi connectivity index (χ1) is 13.0. The van der Waals surface area contributed by atoms with Gasteiger partial charge in [0.1, 0.15) is 18.7 Å². The number of benzene rings is 2. The van der Waals surface area contributed by atoms with Crippen molar-refractivity contribution in [1.29, 1.82) is 5.26 Å². The molecule has 5 nitrogen and oxygen atoms in total. The van der Waals surface area contributed by atoms with Crippen molar-refractivity contribution in [1.82, 2.24) is 0 Å². The number of carbonyl (C=O) groups is 1. The second-order valence-electron chi connectivity index (χ2n) is 6.29. The molecule has 0 bridgehead atoms. The summed E-state index contributed by atoms with van der Waals surface area (Å²) in [4.78, 5) is 10.1. The fraction of sp³-hybridized carbons (Fsp3) is 0.364. The molecule has 2 aromatic carbocycles. The molecule has 0 saturated carbocycles. The molecule has 0 aliphatic carbocycles. The Bertz CT molecular complexity index is 695. The van der Waals surface area contributed by atoms with Gasteiger partial charge in [0, 0.05) is 11.5 Å². The molecule has 27 heavy (non-hydrogen) atoms. The number of nitriles is 1. The molecular weight excluding hydrogens is 340 g/mol. The van der Waals surface area contributed by atoms with Gasteiger partial charge in [-0.15, -0.1) is 0 Å². The number of carboxylic acids is 1. The van der Waals surface area contributed by atoms with Gasteiger partial charge < -0.3 is 20.3 Å². The maximum absolute atomic E-state index is 10.1. The summed E-state index contributed by atoms with van der Waals surface area (Å²) in [6.45, 7) is 5.22. The van der Waals surface area contributed by atoms with Crippen LogP contribution in [0.5, 0.6) is 0 Å². The van der Waals surface area contributed by atoms with E-state index in [2.05, 4.69) is 37.4 Å². The van der Waals surface area contributed by atoms with E-state index in [-0.39, 0.29) is 6.04 Å². The maximum Gasteiger partial charge on any atom is 0.176 e. The SMILES string of the molecule is CCC(CC)[C@H](C#N)[NH2+]Cc1ccccc1.O=C([O-])[C@H](O)c1ccccc1. The molecule has 2 atom stereocenters. The number of carbonyl (C=O) groups excluding carboxylic acids is 1. The smallest absolute Gasteiger partial charge is 0.176 e. The summed E-state index contributed by atoms with van der Waals surface area (Å²) in [7, 11) is 0. The number of aliphatic hydroxyl groups is 1. The molecule has 0 spiro atoms. The molecular formula is C22H28N2O3. The van der Waals surface area contributed by atoms with E-state index in [1.165, 1.54) is 17.7 Å². The van der Waals surface area contributed by atoms with Crippen LogP contribution in [0.1, 0.15) is 43.9 Å². The first-order valence-electron chi connectivity index (χ1n) is 9.24. The molecule has 0 unspecified atom stereocenters. The summed E-state index contributed by atoms with van der Waals surface area (Å²) in [5.74, 6) is -0.968. The third-order valence-corrected chi connectivity index (χ3v) is 4.49. The molecule has 3 N–H and O–H groups in total. The van der Waals surface area contributed by atoms with Crippen LogP contribution in [0.15, 0.2) is 60.7 Å². The average molecular weight is 368 g/mol. The summed E-state index contributed by atoms with van der Waals surface area (Å²) < 4.78 is 0. The lowest BCUT2D eigenvalue weighted by Crippen LogP contribution is -2.89. The molecule has 0 radical (unpaired) electrons. The Morgan fingerprint density at radius 2 is 1.59 bits per heavy atom.